The van der Waals surface area contributed by atoms with E-state index in [1.165, 1.54) is 25.7 Å². The number of nitrogens with zero attached hydrogens (tertiary/aromatic N) is 1. The van der Waals surface area contributed by atoms with E-state index in [4.69, 9.17) is 11.6 Å². The standard InChI is InChI=1S/C15H21ClN2/c1-2-17-14(15-13(16)4-3-7-18-15)12-9-10-5-6-11(12)8-10/h3-4,7,10-12,14,17H,2,5-6,8-9H2,1H3. The highest BCUT2D eigenvalue weighted by molar-refractivity contribution is 6.31. The molecule has 2 nitrogen and oxygen atoms in total. The van der Waals surface area contributed by atoms with E-state index >= 15 is 0 Å². The first kappa shape index (κ1) is 12.4. The average Bonchev–Trinajstić information content (AvgIpc) is 2.99. The summed E-state index contributed by atoms with van der Waals surface area (Å²) in [6.45, 7) is 3.14. The smallest absolute Gasteiger partial charge is 0.0761 e. The minimum Gasteiger partial charge on any atom is -0.309 e. The van der Waals surface area contributed by atoms with E-state index in [2.05, 4.69) is 17.2 Å². The molecular formula is C15H21ClN2. The highest BCUT2D eigenvalue weighted by Crippen LogP contribution is 2.52. The van der Waals surface area contributed by atoms with Crippen LogP contribution in [0.5, 0.6) is 0 Å². The molecule has 0 saturated heterocycles. The molecule has 1 heterocycles. The van der Waals surface area contributed by atoms with Crippen molar-refractivity contribution in [2.75, 3.05) is 6.54 Å². The summed E-state index contributed by atoms with van der Waals surface area (Å²) in [4.78, 5) is 4.53. The summed E-state index contributed by atoms with van der Waals surface area (Å²) in [7, 11) is 0. The Hall–Kier alpha value is -0.600. The van der Waals surface area contributed by atoms with Gasteiger partial charge in [-0.2, -0.15) is 0 Å². The third-order valence-electron chi connectivity index (χ3n) is 4.73. The maximum atomic E-state index is 6.33. The normalized spacial score (nSPS) is 31.8. The third-order valence-corrected chi connectivity index (χ3v) is 5.05. The van der Waals surface area contributed by atoms with Crippen molar-refractivity contribution in [3.63, 3.8) is 0 Å². The molecule has 3 heteroatoms. The number of pyridine rings is 1. The quantitative estimate of drug-likeness (QED) is 0.894. The Morgan fingerprint density at radius 2 is 2.33 bits per heavy atom. The lowest BCUT2D eigenvalue weighted by Crippen LogP contribution is -2.32. The van der Waals surface area contributed by atoms with Gasteiger partial charge in [0.1, 0.15) is 0 Å². The number of hydrogen-bond donors (Lipinski definition) is 1. The molecule has 2 aliphatic carbocycles. The van der Waals surface area contributed by atoms with Crippen LogP contribution >= 0.6 is 11.6 Å². The SMILES string of the molecule is CCNC(c1ncccc1Cl)C1CC2CCC1C2. The van der Waals surface area contributed by atoms with Gasteiger partial charge in [-0.05, 0) is 55.7 Å². The molecule has 18 heavy (non-hydrogen) atoms. The first-order chi connectivity index (χ1) is 8.79. The van der Waals surface area contributed by atoms with Crippen LogP contribution in [0, 0.1) is 17.8 Å². The summed E-state index contributed by atoms with van der Waals surface area (Å²) in [6, 6.07) is 4.22. The molecule has 0 aromatic carbocycles. The Morgan fingerprint density at radius 3 is 2.94 bits per heavy atom. The monoisotopic (exact) mass is 264 g/mol. The lowest BCUT2D eigenvalue weighted by Gasteiger charge is -2.31. The zero-order chi connectivity index (χ0) is 12.5. The van der Waals surface area contributed by atoms with Gasteiger partial charge in [-0.3, -0.25) is 4.98 Å². The third kappa shape index (κ3) is 2.17. The van der Waals surface area contributed by atoms with Crippen LogP contribution in [-0.2, 0) is 0 Å². The molecule has 4 unspecified atom stereocenters. The molecular weight excluding hydrogens is 244 g/mol. The molecule has 0 aliphatic heterocycles. The van der Waals surface area contributed by atoms with Gasteiger partial charge in [-0.15, -0.1) is 0 Å². The lowest BCUT2D eigenvalue weighted by atomic mass is 9.82. The fourth-order valence-corrected chi connectivity index (χ4v) is 4.24. The molecule has 2 saturated carbocycles. The van der Waals surface area contributed by atoms with Crippen molar-refractivity contribution in [3.8, 4) is 0 Å². The van der Waals surface area contributed by atoms with E-state index in [9.17, 15) is 0 Å². The summed E-state index contributed by atoms with van der Waals surface area (Å²) >= 11 is 6.33. The molecule has 2 bridgehead atoms. The molecule has 1 N–H and O–H groups in total. The van der Waals surface area contributed by atoms with Crippen LogP contribution in [0.15, 0.2) is 18.3 Å². The Kier molecular flexibility index (Phi) is 3.58. The Morgan fingerprint density at radius 1 is 1.44 bits per heavy atom. The Labute approximate surface area is 114 Å². The van der Waals surface area contributed by atoms with E-state index in [0.717, 1.165) is 35.0 Å². The fourth-order valence-electron chi connectivity index (χ4n) is 4.00. The number of fused-ring (bicyclic) bond motifs is 2. The largest absolute Gasteiger partial charge is 0.309 e. The molecule has 0 radical (unpaired) electrons. The average molecular weight is 265 g/mol. The van der Waals surface area contributed by atoms with Gasteiger partial charge in [-0.25, -0.2) is 0 Å². The number of aromatic nitrogens is 1. The van der Waals surface area contributed by atoms with Gasteiger partial charge in [-0.1, -0.05) is 24.9 Å². The van der Waals surface area contributed by atoms with Crippen molar-refractivity contribution in [1.29, 1.82) is 0 Å². The summed E-state index contributed by atoms with van der Waals surface area (Å²) in [5, 5.41) is 4.43. The van der Waals surface area contributed by atoms with Crippen LogP contribution < -0.4 is 5.32 Å². The van der Waals surface area contributed by atoms with Gasteiger partial charge in [0, 0.05) is 6.20 Å². The minimum absolute atomic E-state index is 0.346. The number of hydrogen-bond acceptors (Lipinski definition) is 2. The van der Waals surface area contributed by atoms with E-state index < -0.39 is 0 Å². The Balaban J connectivity index is 1.86. The lowest BCUT2D eigenvalue weighted by molar-refractivity contribution is 0.249. The molecule has 0 spiro atoms. The van der Waals surface area contributed by atoms with Crippen LogP contribution in [0.25, 0.3) is 0 Å². The van der Waals surface area contributed by atoms with E-state index in [-0.39, 0.29) is 0 Å². The van der Waals surface area contributed by atoms with Crippen LogP contribution in [0.3, 0.4) is 0 Å². The maximum absolute atomic E-state index is 6.33. The highest BCUT2D eigenvalue weighted by Gasteiger charge is 2.44. The topological polar surface area (TPSA) is 24.9 Å². The molecule has 3 rings (SSSR count). The van der Waals surface area contributed by atoms with Crippen molar-refractivity contribution < 1.29 is 0 Å². The van der Waals surface area contributed by atoms with Crippen molar-refractivity contribution in [2.45, 2.75) is 38.6 Å². The Bertz CT molecular complexity index is 421. The van der Waals surface area contributed by atoms with Crippen molar-refractivity contribution >= 4 is 11.6 Å². The highest BCUT2D eigenvalue weighted by atomic mass is 35.5. The van der Waals surface area contributed by atoms with Crippen LogP contribution in [0.2, 0.25) is 5.02 Å². The predicted molar refractivity (Wildman–Crippen MR) is 74.6 cm³/mol. The summed E-state index contributed by atoms with van der Waals surface area (Å²) < 4.78 is 0. The summed E-state index contributed by atoms with van der Waals surface area (Å²) in [5.74, 6) is 2.58. The molecule has 0 amide bonds. The van der Waals surface area contributed by atoms with Crippen molar-refractivity contribution in [1.82, 2.24) is 10.3 Å². The molecule has 2 fully saturated rings. The maximum Gasteiger partial charge on any atom is 0.0761 e. The first-order valence-corrected chi connectivity index (χ1v) is 7.51. The van der Waals surface area contributed by atoms with Gasteiger partial charge >= 0.3 is 0 Å². The second-order valence-electron chi connectivity index (χ2n) is 5.74. The zero-order valence-corrected chi connectivity index (χ0v) is 11.7. The summed E-state index contributed by atoms with van der Waals surface area (Å²) in [6.07, 6.45) is 7.49. The summed E-state index contributed by atoms with van der Waals surface area (Å²) in [5.41, 5.74) is 1.05. The molecule has 1 aromatic rings. The predicted octanol–water partition coefficient (Wildman–Crippen LogP) is 3.82. The number of nitrogens with one attached hydrogen (secondary N) is 1. The van der Waals surface area contributed by atoms with E-state index in [1.54, 1.807) is 0 Å². The number of halogens is 1. The molecule has 2 aliphatic rings. The molecule has 98 valence electrons. The van der Waals surface area contributed by atoms with Gasteiger partial charge in [0.25, 0.3) is 0 Å². The van der Waals surface area contributed by atoms with E-state index in [1.807, 2.05) is 18.3 Å². The van der Waals surface area contributed by atoms with Gasteiger partial charge in [0.05, 0.1) is 16.8 Å². The van der Waals surface area contributed by atoms with Crippen LogP contribution in [0.4, 0.5) is 0 Å². The van der Waals surface area contributed by atoms with Gasteiger partial charge in [0.15, 0.2) is 0 Å². The second-order valence-corrected chi connectivity index (χ2v) is 6.15. The van der Waals surface area contributed by atoms with Gasteiger partial charge in [0.2, 0.25) is 0 Å². The molecule has 4 atom stereocenters. The van der Waals surface area contributed by atoms with Crippen molar-refractivity contribution in [2.24, 2.45) is 17.8 Å². The number of rotatable bonds is 4. The second kappa shape index (κ2) is 5.18. The van der Waals surface area contributed by atoms with E-state index in [0.29, 0.717) is 6.04 Å². The van der Waals surface area contributed by atoms with Crippen LogP contribution in [0.1, 0.15) is 44.3 Å². The van der Waals surface area contributed by atoms with Crippen molar-refractivity contribution in [3.05, 3.63) is 29.0 Å². The minimum atomic E-state index is 0.346. The van der Waals surface area contributed by atoms with Crippen LogP contribution in [-0.4, -0.2) is 11.5 Å². The molecule has 1 aromatic heterocycles. The fraction of sp³-hybridized carbons (Fsp3) is 0.667. The zero-order valence-electron chi connectivity index (χ0n) is 10.9. The first-order valence-electron chi connectivity index (χ1n) is 7.13. The van der Waals surface area contributed by atoms with Gasteiger partial charge < -0.3 is 5.32 Å².